The Labute approximate surface area is 177 Å². The Balaban J connectivity index is 0.00000140. The van der Waals surface area contributed by atoms with Gasteiger partial charge >= 0.3 is 0 Å². The molecular formula is C21H26Cl2N4O. The van der Waals surface area contributed by atoms with Gasteiger partial charge in [0, 0.05) is 12.0 Å². The first-order chi connectivity index (χ1) is 12.7. The van der Waals surface area contributed by atoms with Crippen molar-refractivity contribution in [2.24, 2.45) is 11.7 Å². The van der Waals surface area contributed by atoms with E-state index in [1.807, 2.05) is 30.3 Å². The number of H-pyrrole nitrogens is 1. The summed E-state index contributed by atoms with van der Waals surface area (Å²) in [6.45, 7) is 0. The van der Waals surface area contributed by atoms with E-state index >= 15 is 0 Å². The van der Waals surface area contributed by atoms with Crippen LogP contribution < -0.4 is 11.1 Å². The zero-order valence-electron chi connectivity index (χ0n) is 15.5. The van der Waals surface area contributed by atoms with E-state index in [-0.39, 0.29) is 48.7 Å². The van der Waals surface area contributed by atoms with Crippen molar-refractivity contribution in [1.29, 1.82) is 0 Å². The van der Waals surface area contributed by atoms with Crippen LogP contribution in [0.2, 0.25) is 0 Å². The third kappa shape index (κ3) is 4.85. The Morgan fingerprint density at radius 2 is 1.89 bits per heavy atom. The molecule has 4 rings (SSSR count). The van der Waals surface area contributed by atoms with Crippen LogP contribution in [0.3, 0.4) is 0 Å². The van der Waals surface area contributed by atoms with Crippen molar-refractivity contribution in [3.63, 3.8) is 0 Å². The molecular weight excluding hydrogens is 395 g/mol. The Morgan fingerprint density at radius 1 is 1.11 bits per heavy atom. The minimum atomic E-state index is -0.186. The van der Waals surface area contributed by atoms with Gasteiger partial charge in [-0.15, -0.1) is 24.8 Å². The SMILES string of the molecule is Cl.Cl.NC1CCCC(C(=O)NC(c2ccccc2)c2ccc3nc[nH]c3c2)C1. The average Bonchev–Trinajstić information content (AvgIpc) is 3.14. The number of nitrogens with one attached hydrogen (secondary N) is 2. The third-order valence-corrected chi connectivity index (χ3v) is 5.28. The maximum Gasteiger partial charge on any atom is 0.223 e. The van der Waals surface area contributed by atoms with Gasteiger partial charge in [0.05, 0.1) is 23.4 Å². The fourth-order valence-corrected chi connectivity index (χ4v) is 3.86. The number of nitrogens with two attached hydrogens (primary N) is 1. The maximum atomic E-state index is 12.9. The lowest BCUT2D eigenvalue weighted by molar-refractivity contribution is -0.126. The summed E-state index contributed by atoms with van der Waals surface area (Å²) in [7, 11) is 0. The van der Waals surface area contributed by atoms with Crippen LogP contribution in [0.15, 0.2) is 54.9 Å². The molecule has 0 radical (unpaired) electrons. The first kappa shape index (κ1) is 22.2. The van der Waals surface area contributed by atoms with Gasteiger partial charge in [-0.3, -0.25) is 4.79 Å². The van der Waals surface area contributed by atoms with Gasteiger partial charge in [0.2, 0.25) is 5.91 Å². The maximum absolute atomic E-state index is 12.9. The van der Waals surface area contributed by atoms with E-state index in [0.29, 0.717) is 0 Å². The highest BCUT2D eigenvalue weighted by Crippen LogP contribution is 2.28. The van der Waals surface area contributed by atoms with Crippen molar-refractivity contribution in [3.05, 3.63) is 66.0 Å². The Morgan fingerprint density at radius 3 is 2.64 bits per heavy atom. The topological polar surface area (TPSA) is 83.8 Å². The summed E-state index contributed by atoms with van der Waals surface area (Å²) in [4.78, 5) is 20.4. The Kier molecular flexibility index (Phi) is 7.87. The molecule has 4 N–H and O–H groups in total. The van der Waals surface area contributed by atoms with Crippen LogP contribution in [0.1, 0.15) is 42.9 Å². The fourth-order valence-electron chi connectivity index (χ4n) is 3.86. The van der Waals surface area contributed by atoms with Gasteiger partial charge in [-0.25, -0.2) is 4.98 Å². The molecule has 2 aromatic carbocycles. The van der Waals surface area contributed by atoms with Crippen LogP contribution in [-0.4, -0.2) is 21.9 Å². The molecule has 3 aromatic rings. The number of hydrogen-bond donors (Lipinski definition) is 3. The first-order valence-corrected chi connectivity index (χ1v) is 9.24. The van der Waals surface area contributed by atoms with Crippen molar-refractivity contribution < 1.29 is 4.79 Å². The van der Waals surface area contributed by atoms with Gasteiger partial charge in [-0.1, -0.05) is 42.8 Å². The summed E-state index contributed by atoms with van der Waals surface area (Å²) < 4.78 is 0. The van der Waals surface area contributed by atoms with E-state index < -0.39 is 0 Å². The lowest BCUT2D eigenvalue weighted by atomic mass is 9.85. The summed E-state index contributed by atoms with van der Waals surface area (Å²) in [6.07, 6.45) is 5.42. The number of nitrogens with zero attached hydrogens (tertiary/aromatic N) is 1. The van der Waals surface area contributed by atoms with Gasteiger partial charge in [-0.05, 0) is 42.5 Å². The van der Waals surface area contributed by atoms with E-state index in [2.05, 4.69) is 33.5 Å². The molecule has 1 fully saturated rings. The number of aromatic amines is 1. The second-order valence-corrected chi connectivity index (χ2v) is 7.16. The van der Waals surface area contributed by atoms with Gasteiger partial charge in [0.1, 0.15) is 0 Å². The minimum Gasteiger partial charge on any atom is -0.345 e. The Bertz CT molecular complexity index is 900. The third-order valence-electron chi connectivity index (χ3n) is 5.28. The average molecular weight is 421 g/mol. The number of benzene rings is 2. The summed E-state index contributed by atoms with van der Waals surface area (Å²) in [5, 5.41) is 3.27. The number of halogens is 2. The fraction of sp³-hybridized carbons (Fsp3) is 0.333. The van der Waals surface area contributed by atoms with Gasteiger partial charge < -0.3 is 16.0 Å². The van der Waals surface area contributed by atoms with E-state index in [0.717, 1.165) is 47.8 Å². The standard InChI is InChI=1S/C21H24N4O.2ClH/c22-17-8-4-7-16(11-17)21(26)25-20(14-5-2-1-3-6-14)15-9-10-18-19(12-15)24-13-23-18;;/h1-3,5-6,9-10,12-13,16-17,20H,4,7-8,11,22H2,(H,23,24)(H,25,26);2*1H. The normalized spacial score (nSPS) is 19.9. The van der Waals surface area contributed by atoms with Crippen LogP contribution in [0.25, 0.3) is 11.0 Å². The zero-order valence-corrected chi connectivity index (χ0v) is 17.1. The number of carbonyl (C=O) groups excluding carboxylic acids is 1. The van der Waals surface area contributed by atoms with Crippen LogP contribution in [0, 0.1) is 5.92 Å². The van der Waals surface area contributed by atoms with Crippen molar-refractivity contribution in [2.75, 3.05) is 0 Å². The number of carbonyl (C=O) groups is 1. The highest BCUT2D eigenvalue weighted by molar-refractivity contribution is 5.85. The van der Waals surface area contributed by atoms with Crippen LogP contribution in [0.4, 0.5) is 0 Å². The highest BCUT2D eigenvalue weighted by atomic mass is 35.5. The first-order valence-electron chi connectivity index (χ1n) is 9.24. The molecule has 5 nitrogen and oxygen atoms in total. The summed E-state index contributed by atoms with van der Waals surface area (Å²) >= 11 is 0. The van der Waals surface area contributed by atoms with Crippen LogP contribution in [0.5, 0.6) is 0 Å². The predicted octanol–water partition coefficient (Wildman–Crippen LogP) is 4.13. The minimum absolute atomic E-state index is 0. The van der Waals surface area contributed by atoms with Gasteiger partial charge in [-0.2, -0.15) is 0 Å². The molecule has 0 aliphatic heterocycles. The number of fused-ring (bicyclic) bond motifs is 1. The van der Waals surface area contributed by atoms with Crippen molar-refractivity contribution >= 4 is 41.8 Å². The van der Waals surface area contributed by atoms with Gasteiger partial charge in [0.25, 0.3) is 0 Å². The molecule has 3 atom stereocenters. The molecule has 1 amide bonds. The van der Waals surface area contributed by atoms with Crippen molar-refractivity contribution in [2.45, 2.75) is 37.8 Å². The molecule has 0 bridgehead atoms. The molecule has 7 heteroatoms. The van der Waals surface area contributed by atoms with Gasteiger partial charge in [0.15, 0.2) is 0 Å². The quantitative estimate of drug-likeness (QED) is 0.592. The highest BCUT2D eigenvalue weighted by Gasteiger charge is 2.27. The predicted molar refractivity (Wildman–Crippen MR) is 117 cm³/mol. The summed E-state index contributed by atoms with van der Waals surface area (Å²) in [5.74, 6) is 0.0968. The van der Waals surface area contributed by atoms with E-state index in [4.69, 9.17) is 5.73 Å². The molecule has 3 unspecified atom stereocenters. The van der Waals surface area contributed by atoms with Crippen LogP contribution in [-0.2, 0) is 4.79 Å². The number of amides is 1. The smallest absolute Gasteiger partial charge is 0.223 e. The number of aromatic nitrogens is 2. The second kappa shape index (κ2) is 9.92. The van der Waals surface area contributed by atoms with E-state index in [9.17, 15) is 4.79 Å². The molecule has 28 heavy (non-hydrogen) atoms. The largest absolute Gasteiger partial charge is 0.345 e. The van der Waals surface area contributed by atoms with Crippen molar-refractivity contribution in [1.82, 2.24) is 15.3 Å². The van der Waals surface area contributed by atoms with Crippen molar-refractivity contribution in [3.8, 4) is 0 Å². The molecule has 0 saturated heterocycles. The molecule has 1 heterocycles. The number of rotatable bonds is 4. The van der Waals surface area contributed by atoms with E-state index in [1.165, 1.54) is 0 Å². The molecule has 1 aliphatic carbocycles. The summed E-state index contributed by atoms with van der Waals surface area (Å²) in [5.41, 5.74) is 10.1. The van der Waals surface area contributed by atoms with Crippen LogP contribution >= 0.6 is 24.8 Å². The zero-order chi connectivity index (χ0) is 17.9. The Hall–Kier alpha value is -2.08. The molecule has 0 spiro atoms. The molecule has 1 saturated carbocycles. The molecule has 150 valence electrons. The lowest BCUT2D eigenvalue weighted by Gasteiger charge is -2.28. The second-order valence-electron chi connectivity index (χ2n) is 7.16. The number of imidazole rings is 1. The monoisotopic (exact) mass is 420 g/mol. The van der Waals surface area contributed by atoms with E-state index in [1.54, 1.807) is 6.33 Å². The summed E-state index contributed by atoms with van der Waals surface area (Å²) in [6, 6.07) is 16.1. The lowest BCUT2D eigenvalue weighted by Crippen LogP contribution is -2.39. The number of hydrogen-bond acceptors (Lipinski definition) is 3. The molecule has 1 aromatic heterocycles. The molecule has 1 aliphatic rings.